The molecule has 3 unspecified atom stereocenters. The molecule has 1 heterocycles. The van der Waals surface area contributed by atoms with E-state index in [1.54, 1.807) is 0 Å². The summed E-state index contributed by atoms with van der Waals surface area (Å²) in [6.45, 7) is 3.90. The van der Waals surface area contributed by atoms with Gasteiger partial charge in [-0.25, -0.2) is 0 Å². The van der Waals surface area contributed by atoms with Crippen LogP contribution in [0.1, 0.15) is 20.3 Å². The van der Waals surface area contributed by atoms with Crippen molar-refractivity contribution in [2.45, 2.75) is 32.4 Å². The second kappa shape index (κ2) is 2.02. The van der Waals surface area contributed by atoms with Gasteiger partial charge in [0.05, 0.1) is 5.41 Å². The first-order valence-electron chi connectivity index (χ1n) is 4.49. The number of nitrogens with zero attached hydrogens (tertiary/aromatic N) is 1. The number of hydrogen-bond donors (Lipinski definition) is 1. The smallest absolute Gasteiger partial charge is 0.229 e. The summed E-state index contributed by atoms with van der Waals surface area (Å²) in [4.78, 5) is 13.6. The van der Waals surface area contributed by atoms with Crippen LogP contribution in [0.2, 0.25) is 0 Å². The molecule has 2 aliphatic rings. The summed E-state index contributed by atoms with van der Waals surface area (Å²) in [6, 6.07) is 0.506. The number of rotatable bonds is 0. The Kier molecular flexibility index (Phi) is 1.35. The predicted molar refractivity (Wildman–Crippen MR) is 46.4 cm³/mol. The van der Waals surface area contributed by atoms with Crippen LogP contribution in [0.15, 0.2) is 0 Å². The van der Waals surface area contributed by atoms with E-state index < -0.39 is 0 Å². The van der Waals surface area contributed by atoms with E-state index in [1.165, 1.54) is 0 Å². The van der Waals surface area contributed by atoms with Gasteiger partial charge in [0, 0.05) is 19.1 Å². The van der Waals surface area contributed by atoms with Crippen LogP contribution in [-0.4, -0.2) is 29.9 Å². The third-order valence-electron chi connectivity index (χ3n) is 3.47. The standard InChI is InChI=1S/C9H16N2O/c1-9(2)7(10)5-4-6(5)11(3)8(9)12/h5-7H,4,10H2,1-3H3. The summed E-state index contributed by atoms with van der Waals surface area (Å²) in [5.41, 5.74) is 5.65. The van der Waals surface area contributed by atoms with Crippen LogP contribution >= 0.6 is 0 Å². The van der Waals surface area contributed by atoms with E-state index in [4.69, 9.17) is 5.73 Å². The van der Waals surface area contributed by atoms with E-state index in [0.717, 1.165) is 6.42 Å². The Morgan fingerprint density at radius 3 is 2.75 bits per heavy atom. The molecule has 3 nitrogen and oxygen atoms in total. The van der Waals surface area contributed by atoms with Crippen molar-refractivity contribution in [1.29, 1.82) is 0 Å². The monoisotopic (exact) mass is 168 g/mol. The second-order valence-electron chi connectivity index (χ2n) is 4.63. The number of fused-ring (bicyclic) bond motifs is 1. The molecule has 0 aromatic carbocycles. The fourth-order valence-electron chi connectivity index (χ4n) is 2.31. The number of carbonyl (C=O) groups is 1. The molecule has 1 saturated carbocycles. The van der Waals surface area contributed by atoms with Crippen molar-refractivity contribution < 1.29 is 4.79 Å². The highest BCUT2D eigenvalue weighted by atomic mass is 16.2. The molecule has 0 radical (unpaired) electrons. The molecular weight excluding hydrogens is 152 g/mol. The minimum Gasteiger partial charge on any atom is -0.342 e. The number of hydrogen-bond acceptors (Lipinski definition) is 2. The highest BCUT2D eigenvalue weighted by Gasteiger charge is 2.58. The Bertz CT molecular complexity index is 237. The lowest BCUT2D eigenvalue weighted by Gasteiger charge is -2.39. The Morgan fingerprint density at radius 2 is 2.17 bits per heavy atom. The van der Waals surface area contributed by atoms with Crippen molar-refractivity contribution in [1.82, 2.24) is 4.90 Å². The zero-order chi connectivity index (χ0) is 9.09. The summed E-state index contributed by atoms with van der Waals surface area (Å²) in [5, 5.41) is 0. The van der Waals surface area contributed by atoms with E-state index in [0.29, 0.717) is 12.0 Å². The van der Waals surface area contributed by atoms with Crippen LogP contribution < -0.4 is 5.73 Å². The lowest BCUT2D eigenvalue weighted by molar-refractivity contribution is -0.144. The van der Waals surface area contributed by atoms with Gasteiger partial charge in [0.25, 0.3) is 0 Å². The summed E-state index contributed by atoms with van der Waals surface area (Å²) in [5.74, 6) is 0.761. The molecule has 1 amide bonds. The zero-order valence-electron chi connectivity index (χ0n) is 7.87. The van der Waals surface area contributed by atoms with Gasteiger partial charge in [-0.15, -0.1) is 0 Å². The van der Waals surface area contributed by atoms with Crippen LogP contribution in [0.25, 0.3) is 0 Å². The van der Waals surface area contributed by atoms with Gasteiger partial charge in [-0.05, 0) is 26.2 Å². The number of amides is 1. The van der Waals surface area contributed by atoms with Crippen LogP contribution in [0.3, 0.4) is 0 Å². The number of piperidine rings is 1. The molecule has 3 atom stereocenters. The molecule has 0 aromatic heterocycles. The molecule has 68 valence electrons. The third kappa shape index (κ3) is 0.774. The van der Waals surface area contributed by atoms with Crippen molar-refractivity contribution in [3.63, 3.8) is 0 Å². The maximum Gasteiger partial charge on any atom is 0.229 e. The highest BCUT2D eigenvalue weighted by Crippen LogP contribution is 2.48. The molecule has 3 heteroatoms. The molecule has 0 bridgehead atoms. The van der Waals surface area contributed by atoms with Gasteiger partial charge < -0.3 is 10.6 Å². The molecule has 1 aliphatic carbocycles. The van der Waals surface area contributed by atoms with Crippen LogP contribution in [-0.2, 0) is 4.79 Å². The fourth-order valence-corrected chi connectivity index (χ4v) is 2.31. The number of carbonyl (C=O) groups excluding carboxylic acids is 1. The summed E-state index contributed by atoms with van der Waals surface area (Å²) < 4.78 is 0. The topological polar surface area (TPSA) is 46.3 Å². The molecular formula is C9H16N2O. The first-order chi connectivity index (χ1) is 5.46. The van der Waals surface area contributed by atoms with E-state index >= 15 is 0 Å². The van der Waals surface area contributed by atoms with Gasteiger partial charge in [0.2, 0.25) is 5.91 Å². The van der Waals surface area contributed by atoms with Crippen LogP contribution in [0.4, 0.5) is 0 Å². The van der Waals surface area contributed by atoms with Gasteiger partial charge in [-0.3, -0.25) is 4.79 Å². The summed E-state index contributed by atoms with van der Waals surface area (Å²) in [6.07, 6.45) is 1.10. The number of nitrogens with two attached hydrogens (primary N) is 1. The predicted octanol–water partition coefficient (Wildman–Crippen LogP) is 0.200. The molecule has 1 aliphatic heterocycles. The first kappa shape index (κ1) is 8.05. The van der Waals surface area contributed by atoms with Gasteiger partial charge >= 0.3 is 0 Å². The lowest BCUT2D eigenvalue weighted by atomic mass is 9.78. The molecule has 2 fully saturated rings. The first-order valence-corrected chi connectivity index (χ1v) is 4.49. The van der Waals surface area contributed by atoms with Gasteiger partial charge in [-0.2, -0.15) is 0 Å². The second-order valence-corrected chi connectivity index (χ2v) is 4.63. The van der Waals surface area contributed by atoms with E-state index in [9.17, 15) is 4.79 Å². The maximum absolute atomic E-state index is 11.7. The van der Waals surface area contributed by atoms with Crippen molar-refractivity contribution in [3.8, 4) is 0 Å². The Morgan fingerprint density at radius 1 is 1.58 bits per heavy atom. The van der Waals surface area contributed by atoms with Gasteiger partial charge in [0.1, 0.15) is 0 Å². The normalized spacial score (nSPS) is 44.2. The molecule has 2 rings (SSSR count). The van der Waals surface area contributed by atoms with Gasteiger partial charge in [-0.1, -0.05) is 0 Å². The highest BCUT2D eigenvalue weighted by molar-refractivity contribution is 5.84. The van der Waals surface area contributed by atoms with Crippen LogP contribution in [0, 0.1) is 11.3 Å². The van der Waals surface area contributed by atoms with Crippen LogP contribution in [0.5, 0.6) is 0 Å². The van der Waals surface area contributed by atoms with Crippen molar-refractivity contribution >= 4 is 5.91 Å². The minimum absolute atomic E-state index is 0.0613. The minimum atomic E-state index is -0.355. The zero-order valence-corrected chi connectivity index (χ0v) is 7.87. The number of likely N-dealkylation sites (tertiary alicyclic amines) is 1. The van der Waals surface area contributed by atoms with Crippen molar-refractivity contribution in [2.75, 3.05) is 7.05 Å². The molecule has 0 aromatic rings. The Labute approximate surface area is 72.9 Å². The molecule has 12 heavy (non-hydrogen) atoms. The lowest BCUT2D eigenvalue weighted by Crippen LogP contribution is -2.56. The summed E-state index contributed by atoms with van der Waals surface area (Å²) >= 11 is 0. The average molecular weight is 168 g/mol. The third-order valence-corrected chi connectivity index (χ3v) is 3.47. The molecule has 0 spiro atoms. The Balaban J connectivity index is 2.30. The van der Waals surface area contributed by atoms with Gasteiger partial charge in [0.15, 0.2) is 0 Å². The molecule has 1 saturated heterocycles. The van der Waals surface area contributed by atoms with E-state index in [1.807, 2.05) is 25.8 Å². The maximum atomic E-state index is 11.7. The van der Waals surface area contributed by atoms with E-state index in [2.05, 4.69) is 0 Å². The SMILES string of the molecule is CN1C(=O)C(C)(C)C(N)C2CC21. The largest absolute Gasteiger partial charge is 0.342 e. The van der Waals surface area contributed by atoms with Crippen molar-refractivity contribution in [3.05, 3.63) is 0 Å². The Hall–Kier alpha value is -0.570. The van der Waals surface area contributed by atoms with Crippen molar-refractivity contribution in [2.24, 2.45) is 17.1 Å². The summed E-state index contributed by atoms with van der Waals surface area (Å²) in [7, 11) is 1.89. The fraction of sp³-hybridized carbons (Fsp3) is 0.889. The quantitative estimate of drug-likeness (QED) is 0.561. The van der Waals surface area contributed by atoms with E-state index in [-0.39, 0.29) is 17.4 Å². The molecule has 2 N–H and O–H groups in total. The average Bonchev–Trinajstić information content (AvgIpc) is 2.77.